The molecule has 2 aromatic rings. The van der Waals surface area contributed by atoms with Crippen LogP contribution in [-0.4, -0.2) is 77.6 Å². The third-order valence-corrected chi connectivity index (χ3v) is 5.41. The van der Waals surface area contributed by atoms with Crippen molar-refractivity contribution in [2.24, 2.45) is 5.92 Å². The van der Waals surface area contributed by atoms with Crippen molar-refractivity contribution in [1.29, 1.82) is 0 Å². The Kier molecular flexibility index (Phi) is 7.25. The number of nitrogens with zero attached hydrogens (tertiary/aromatic N) is 3. The van der Waals surface area contributed by atoms with E-state index in [1.54, 1.807) is 47.6 Å². The van der Waals surface area contributed by atoms with Gasteiger partial charge in [0.25, 0.3) is 11.8 Å². The molecule has 0 spiro atoms. The fraction of sp³-hybridized carbons (Fsp3) is 0.435. The molecule has 0 unspecified atom stereocenters. The summed E-state index contributed by atoms with van der Waals surface area (Å²) in [5, 5.41) is 12.5. The number of nitrogens with one attached hydrogen (secondary N) is 1. The van der Waals surface area contributed by atoms with E-state index < -0.39 is 0 Å². The molecule has 0 saturated carbocycles. The van der Waals surface area contributed by atoms with E-state index in [1.807, 2.05) is 32.8 Å². The van der Waals surface area contributed by atoms with Gasteiger partial charge in [0.1, 0.15) is 11.9 Å². The maximum absolute atomic E-state index is 13.4. The summed E-state index contributed by atoms with van der Waals surface area (Å²) >= 11 is 0. The van der Waals surface area contributed by atoms with Gasteiger partial charge in [-0.05, 0) is 51.4 Å². The van der Waals surface area contributed by atoms with Crippen molar-refractivity contribution in [3.8, 4) is 5.75 Å². The highest BCUT2D eigenvalue weighted by Gasteiger charge is 2.33. The molecule has 2 N–H and O–H groups in total. The highest BCUT2D eigenvalue weighted by molar-refractivity contribution is 6.05. The topological polar surface area (TPSA) is 95.0 Å². The summed E-state index contributed by atoms with van der Waals surface area (Å²) in [6, 6.07) is 7.99. The predicted octanol–water partition coefficient (Wildman–Crippen LogP) is 2.12. The molecule has 2 heterocycles. The van der Waals surface area contributed by atoms with E-state index in [2.05, 4.69) is 10.3 Å². The molecule has 166 valence electrons. The second-order valence-corrected chi connectivity index (χ2v) is 8.29. The van der Waals surface area contributed by atoms with Crippen molar-refractivity contribution in [3.63, 3.8) is 0 Å². The summed E-state index contributed by atoms with van der Waals surface area (Å²) in [5.74, 6) is 0.0213. The van der Waals surface area contributed by atoms with E-state index in [9.17, 15) is 14.7 Å². The zero-order valence-electron chi connectivity index (χ0n) is 18.4. The molecule has 1 aliphatic rings. The third kappa shape index (κ3) is 5.39. The summed E-state index contributed by atoms with van der Waals surface area (Å²) in [5.41, 5.74) is 1.33. The number of benzene rings is 1. The van der Waals surface area contributed by atoms with Gasteiger partial charge < -0.3 is 25.0 Å². The molecule has 0 saturated heterocycles. The van der Waals surface area contributed by atoms with Crippen LogP contribution >= 0.6 is 0 Å². The average Bonchev–Trinajstić information content (AvgIpc) is 2.76. The molecule has 31 heavy (non-hydrogen) atoms. The van der Waals surface area contributed by atoms with Crippen molar-refractivity contribution < 1.29 is 19.4 Å². The van der Waals surface area contributed by atoms with Gasteiger partial charge in [0, 0.05) is 42.7 Å². The van der Waals surface area contributed by atoms with Crippen molar-refractivity contribution >= 4 is 17.5 Å². The quantitative estimate of drug-likeness (QED) is 0.735. The number of hydrogen-bond acceptors (Lipinski definition) is 6. The van der Waals surface area contributed by atoms with Crippen LogP contribution in [0.15, 0.2) is 42.7 Å². The Labute approximate surface area is 182 Å². The standard InChI is InChI=1S/C23H30N4O4/c1-15-12-27(16(2)14-28)23(30)19-11-18(25-22(29)17-7-9-24-10-8-17)5-6-20(19)31-21(15)13-26(3)4/h5-11,15-16,21,28H,12-14H2,1-4H3,(H,25,29)/t15-,16+,21-/m0/s1. The second-order valence-electron chi connectivity index (χ2n) is 8.29. The minimum Gasteiger partial charge on any atom is -0.488 e. The van der Waals surface area contributed by atoms with Crippen LogP contribution in [0.4, 0.5) is 5.69 Å². The Morgan fingerprint density at radius 3 is 2.68 bits per heavy atom. The van der Waals surface area contributed by atoms with Crippen LogP contribution in [0.25, 0.3) is 0 Å². The number of carbonyl (C=O) groups excluding carboxylic acids is 2. The zero-order valence-corrected chi connectivity index (χ0v) is 18.4. The van der Waals surface area contributed by atoms with Gasteiger partial charge in [-0.25, -0.2) is 0 Å². The third-order valence-electron chi connectivity index (χ3n) is 5.41. The van der Waals surface area contributed by atoms with Crippen LogP contribution in [0, 0.1) is 5.92 Å². The SMILES string of the molecule is C[C@H](CO)N1C[C@H](C)[C@H](CN(C)C)Oc2ccc(NC(=O)c3ccncc3)cc2C1=O. The van der Waals surface area contributed by atoms with Gasteiger partial charge in [0.2, 0.25) is 0 Å². The number of rotatable bonds is 6. The van der Waals surface area contributed by atoms with Crippen LogP contribution < -0.4 is 10.1 Å². The Morgan fingerprint density at radius 1 is 1.32 bits per heavy atom. The number of aliphatic hydroxyl groups excluding tert-OH is 1. The van der Waals surface area contributed by atoms with E-state index >= 15 is 0 Å². The summed E-state index contributed by atoms with van der Waals surface area (Å²) in [7, 11) is 3.96. The molecule has 3 atom stereocenters. The average molecular weight is 427 g/mol. The number of aromatic nitrogens is 1. The highest BCUT2D eigenvalue weighted by Crippen LogP contribution is 2.30. The van der Waals surface area contributed by atoms with Gasteiger partial charge in [0.05, 0.1) is 18.2 Å². The summed E-state index contributed by atoms with van der Waals surface area (Å²) < 4.78 is 6.26. The lowest BCUT2D eigenvalue weighted by Gasteiger charge is -2.37. The van der Waals surface area contributed by atoms with Crippen molar-refractivity contribution in [1.82, 2.24) is 14.8 Å². The van der Waals surface area contributed by atoms with Gasteiger partial charge in [-0.1, -0.05) is 6.92 Å². The first-order valence-corrected chi connectivity index (χ1v) is 10.4. The number of pyridine rings is 1. The number of aliphatic hydroxyl groups is 1. The number of amides is 2. The number of likely N-dealkylation sites (N-methyl/N-ethyl adjacent to an activating group) is 1. The van der Waals surface area contributed by atoms with E-state index in [0.29, 0.717) is 35.7 Å². The minimum absolute atomic E-state index is 0.0690. The number of fused-ring (bicyclic) bond motifs is 1. The number of anilines is 1. The number of hydrogen-bond donors (Lipinski definition) is 2. The Balaban J connectivity index is 1.95. The molecular formula is C23H30N4O4. The predicted molar refractivity (Wildman–Crippen MR) is 118 cm³/mol. The van der Waals surface area contributed by atoms with E-state index in [-0.39, 0.29) is 36.5 Å². The maximum atomic E-state index is 13.4. The molecule has 1 aromatic carbocycles. The lowest BCUT2D eigenvalue weighted by Crippen LogP contribution is -2.49. The summed E-state index contributed by atoms with van der Waals surface area (Å²) in [6.07, 6.45) is 2.97. The summed E-state index contributed by atoms with van der Waals surface area (Å²) in [4.78, 5) is 33.5. The normalized spacial score (nSPS) is 19.8. The molecule has 0 radical (unpaired) electrons. The van der Waals surface area contributed by atoms with E-state index in [4.69, 9.17) is 4.74 Å². The van der Waals surface area contributed by atoms with Crippen LogP contribution in [0.2, 0.25) is 0 Å². The second kappa shape index (κ2) is 9.89. The van der Waals surface area contributed by atoms with Gasteiger partial charge in [-0.15, -0.1) is 0 Å². The monoisotopic (exact) mass is 426 g/mol. The lowest BCUT2D eigenvalue weighted by molar-refractivity contribution is 0.0363. The molecule has 3 rings (SSSR count). The van der Waals surface area contributed by atoms with Gasteiger partial charge in [-0.3, -0.25) is 14.6 Å². The zero-order chi connectivity index (χ0) is 22.5. The molecular weight excluding hydrogens is 396 g/mol. The van der Waals surface area contributed by atoms with Crippen LogP contribution in [0.3, 0.4) is 0 Å². The van der Waals surface area contributed by atoms with Crippen LogP contribution in [-0.2, 0) is 0 Å². The number of ether oxygens (including phenoxy) is 1. The molecule has 1 aliphatic heterocycles. The fourth-order valence-electron chi connectivity index (χ4n) is 3.58. The van der Waals surface area contributed by atoms with E-state index in [0.717, 1.165) is 0 Å². The van der Waals surface area contributed by atoms with Crippen LogP contribution in [0.5, 0.6) is 5.75 Å². The van der Waals surface area contributed by atoms with Crippen molar-refractivity contribution in [2.45, 2.75) is 26.0 Å². The van der Waals surface area contributed by atoms with Crippen molar-refractivity contribution in [3.05, 3.63) is 53.9 Å². The maximum Gasteiger partial charge on any atom is 0.258 e. The first-order chi connectivity index (χ1) is 14.8. The van der Waals surface area contributed by atoms with Gasteiger partial charge >= 0.3 is 0 Å². The molecule has 8 nitrogen and oxygen atoms in total. The first-order valence-electron chi connectivity index (χ1n) is 10.4. The Hall–Kier alpha value is -2.97. The molecule has 0 fully saturated rings. The van der Waals surface area contributed by atoms with Crippen molar-refractivity contribution in [2.75, 3.05) is 39.1 Å². The number of carbonyl (C=O) groups is 2. The largest absolute Gasteiger partial charge is 0.488 e. The first kappa shape index (κ1) is 22.7. The minimum atomic E-state index is -0.337. The molecule has 1 aromatic heterocycles. The molecule has 8 heteroatoms. The van der Waals surface area contributed by atoms with Gasteiger partial charge in [-0.2, -0.15) is 0 Å². The Bertz CT molecular complexity index is 919. The van der Waals surface area contributed by atoms with Crippen LogP contribution in [0.1, 0.15) is 34.6 Å². The lowest BCUT2D eigenvalue weighted by atomic mass is 9.99. The van der Waals surface area contributed by atoms with E-state index in [1.165, 1.54) is 0 Å². The fourth-order valence-corrected chi connectivity index (χ4v) is 3.58. The smallest absolute Gasteiger partial charge is 0.258 e. The van der Waals surface area contributed by atoms with Gasteiger partial charge in [0.15, 0.2) is 0 Å². The molecule has 0 bridgehead atoms. The summed E-state index contributed by atoms with van der Waals surface area (Å²) in [6.45, 7) is 4.89. The Morgan fingerprint density at radius 2 is 2.03 bits per heavy atom. The molecule has 2 amide bonds. The highest BCUT2D eigenvalue weighted by atomic mass is 16.5. The molecule has 0 aliphatic carbocycles.